The molecule has 4 rings (SSSR count). The van der Waals surface area contributed by atoms with E-state index in [1.54, 1.807) is 12.1 Å². The highest BCUT2D eigenvalue weighted by Gasteiger charge is 2.30. The molecule has 2 heterocycles. The van der Waals surface area contributed by atoms with Crippen molar-refractivity contribution in [3.63, 3.8) is 0 Å². The Hall–Kier alpha value is -3.32. The molecule has 32 heavy (non-hydrogen) atoms. The number of aromatic nitrogens is 1. The molecule has 2 N–H and O–H groups in total. The van der Waals surface area contributed by atoms with Crippen LogP contribution in [0.1, 0.15) is 46.1 Å². The van der Waals surface area contributed by atoms with Crippen LogP contribution in [0, 0.1) is 12.8 Å². The van der Waals surface area contributed by atoms with Gasteiger partial charge in [-0.3, -0.25) is 25.0 Å². The van der Waals surface area contributed by atoms with Gasteiger partial charge in [-0.05, 0) is 43.0 Å². The molecule has 1 aliphatic heterocycles. The fourth-order valence-corrected chi connectivity index (χ4v) is 4.68. The Morgan fingerprint density at radius 1 is 1.09 bits per heavy atom. The molecule has 0 saturated carbocycles. The predicted molar refractivity (Wildman–Crippen MR) is 126 cm³/mol. The van der Waals surface area contributed by atoms with Gasteiger partial charge in [-0.25, -0.2) is 4.98 Å². The van der Waals surface area contributed by atoms with Gasteiger partial charge >= 0.3 is 0 Å². The Morgan fingerprint density at radius 3 is 2.41 bits per heavy atom. The summed E-state index contributed by atoms with van der Waals surface area (Å²) in [5, 5.41) is 5.77. The van der Waals surface area contributed by atoms with Crippen molar-refractivity contribution in [2.45, 2.75) is 39.5 Å². The smallest absolute Gasteiger partial charge is 0.257 e. The maximum atomic E-state index is 12.7. The highest BCUT2D eigenvalue weighted by molar-refractivity contribution is 7.16. The molecular weight excluding hydrogens is 422 g/mol. The number of carbonyl (C=O) groups excluding carboxylic acids is 3. The van der Waals surface area contributed by atoms with Crippen molar-refractivity contribution in [3.8, 4) is 11.3 Å². The Bertz CT molecular complexity index is 1150. The largest absolute Gasteiger partial charge is 0.298 e. The first-order chi connectivity index (χ1) is 15.4. The van der Waals surface area contributed by atoms with Crippen molar-refractivity contribution < 1.29 is 14.4 Å². The zero-order valence-electron chi connectivity index (χ0n) is 18.1. The van der Waals surface area contributed by atoms with E-state index < -0.39 is 0 Å². The summed E-state index contributed by atoms with van der Waals surface area (Å²) in [6, 6.07) is 15.5. The van der Waals surface area contributed by atoms with Crippen LogP contribution in [-0.4, -0.2) is 22.7 Å². The van der Waals surface area contributed by atoms with Crippen molar-refractivity contribution in [3.05, 3.63) is 70.1 Å². The van der Waals surface area contributed by atoms with E-state index in [1.807, 2.05) is 19.1 Å². The fraction of sp³-hybridized carbons (Fsp3) is 0.280. The quantitative estimate of drug-likeness (QED) is 0.521. The molecule has 7 heteroatoms. The normalized spacial score (nSPS) is 15.6. The van der Waals surface area contributed by atoms with Gasteiger partial charge in [-0.15, -0.1) is 11.3 Å². The minimum Gasteiger partial charge on any atom is -0.298 e. The van der Waals surface area contributed by atoms with Gasteiger partial charge in [0.1, 0.15) is 0 Å². The first kappa shape index (κ1) is 21.9. The van der Waals surface area contributed by atoms with E-state index in [2.05, 4.69) is 46.8 Å². The molecule has 0 radical (unpaired) electrons. The Morgan fingerprint density at radius 2 is 1.78 bits per heavy atom. The second-order valence-corrected chi connectivity index (χ2v) is 9.24. The Balaban J connectivity index is 1.41. The van der Waals surface area contributed by atoms with Crippen LogP contribution in [0.5, 0.6) is 0 Å². The number of anilines is 1. The average molecular weight is 448 g/mol. The molecule has 1 aromatic heterocycles. The summed E-state index contributed by atoms with van der Waals surface area (Å²) in [6.45, 7) is 4.17. The molecule has 6 nitrogen and oxygen atoms in total. The standard InChI is InChI=1S/C25H25N3O3S/c1-3-4-16-5-9-18(10-6-16)22-15(2)32-25(27-22)28-23(30)19-11-7-17(8-12-19)13-20-14-21(29)26-24(20)31/h5-12,20H,3-4,13-14H2,1-2H3,(H,26,29,31)(H,27,28,30). The van der Waals surface area contributed by atoms with Crippen molar-refractivity contribution >= 4 is 34.2 Å². The molecule has 1 atom stereocenters. The third-order valence-electron chi connectivity index (χ3n) is 5.55. The third kappa shape index (κ3) is 4.94. The van der Waals surface area contributed by atoms with Crippen LogP contribution in [0.4, 0.5) is 5.13 Å². The van der Waals surface area contributed by atoms with Crippen molar-refractivity contribution in [2.75, 3.05) is 5.32 Å². The highest BCUT2D eigenvalue weighted by atomic mass is 32.1. The molecule has 164 valence electrons. The van der Waals surface area contributed by atoms with Crippen molar-refractivity contribution in [2.24, 2.45) is 5.92 Å². The van der Waals surface area contributed by atoms with Gasteiger partial charge in [0, 0.05) is 22.4 Å². The lowest BCUT2D eigenvalue weighted by atomic mass is 9.97. The number of rotatable bonds is 7. The SMILES string of the molecule is CCCc1ccc(-c2nc(NC(=O)c3ccc(CC4CC(=O)NC4=O)cc3)sc2C)cc1. The van der Waals surface area contributed by atoms with E-state index in [9.17, 15) is 14.4 Å². The van der Waals surface area contributed by atoms with Crippen LogP contribution in [0.15, 0.2) is 48.5 Å². The first-order valence-electron chi connectivity index (χ1n) is 10.7. The number of benzene rings is 2. The molecule has 0 bridgehead atoms. The zero-order chi connectivity index (χ0) is 22.7. The summed E-state index contributed by atoms with van der Waals surface area (Å²) in [4.78, 5) is 41.4. The number of imide groups is 1. The minimum absolute atomic E-state index is 0.216. The van der Waals surface area contributed by atoms with Gasteiger partial charge < -0.3 is 0 Å². The van der Waals surface area contributed by atoms with Crippen LogP contribution in [-0.2, 0) is 22.4 Å². The second-order valence-electron chi connectivity index (χ2n) is 8.04. The van der Waals surface area contributed by atoms with Crippen molar-refractivity contribution in [1.82, 2.24) is 10.3 Å². The van der Waals surface area contributed by atoms with Gasteiger partial charge in [-0.2, -0.15) is 0 Å². The zero-order valence-corrected chi connectivity index (χ0v) is 18.9. The van der Waals surface area contributed by atoms with Gasteiger partial charge in [0.15, 0.2) is 5.13 Å². The van der Waals surface area contributed by atoms with Crippen LogP contribution in [0.3, 0.4) is 0 Å². The maximum absolute atomic E-state index is 12.7. The number of nitrogens with one attached hydrogen (secondary N) is 2. The molecule has 1 saturated heterocycles. The van der Waals surface area contributed by atoms with Gasteiger partial charge in [-0.1, -0.05) is 49.7 Å². The van der Waals surface area contributed by atoms with E-state index in [0.29, 0.717) is 17.1 Å². The molecule has 0 aliphatic carbocycles. The number of carbonyl (C=O) groups is 3. The summed E-state index contributed by atoms with van der Waals surface area (Å²) >= 11 is 1.45. The number of nitrogens with zero attached hydrogens (tertiary/aromatic N) is 1. The third-order valence-corrected chi connectivity index (χ3v) is 6.43. The number of amides is 3. The fourth-order valence-electron chi connectivity index (χ4n) is 3.85. The van der Waals surface area contributed by atoms with Crippen LogP contribution in [0.2, 0.25) is 0 Å². The Labute approximate surface area is 191 Å². The molecule has 2 aromatic carbocycles. The van der Waals surface area contributed by atoms with Crippen LogP contribution in [0.25, 0.3) is 11.3 Å². The van der Waals surface area contributed by atoms with E-state index in [0.717, 1.165) is 34.5 Å². The lowest BCUT2D eigenvalue weighted by Crippen LogP contribution is -2.22. The minimum atomic E-state index is -0.338. The predicted octanol–water partition coefficient (Wildman–Crippen LogP) is 4.53. The average Bonchev–Trinajstić information content (AvgIpc) is 3.29. The summed E-state index contributed by atoms with van der Waals surface area (Å²) in [5.41, 5.74) is 4.65. The number of hydrogen-bond acceptors (Lipinski definition) is 5. The van der Waals surface area contributed by atoms with Gasteiger partial charge in [0.25, 0.3) is 5.91 Å². The Kier molecular flexibility index (Phi) is 6.46. The number of aryl methyl sites for hydroxylation is 2. The lowest BCUT2D eigenvalue weighted by Gasteiger charge is -2.07. The highest BCUT2D eigenvalue weighted by Crippen LogP contribution is 2.31. The van der Waals surface area contributed by atoms with E-state index in [1.165, 1.54) is 16.9 Å². The van der Waals surface area contributed by atoms with Gasteiger partial charge in [0.2, 0.25) is 11.8 Å². The molecule has 1 aliphatic rings. The molecule has 1 unspecified atom stereocenters. The van der Waals surface area contributed by atoms with Crippen molar-refractivity contribution in [1.29, 1.82) is 0 Å². The van der Waals surface area contributed by atoms with Crippen LogP contribution < -0.4 is 10.6 Å². The number of hydrogen-bond donors (Lipinski definition) is 2. The first-order valence-corrected chi connectivity index (χ1v) is 11.6. The monoisotopic (exact) mass is 447 g/mol. The summed E-state index contributed by atoms with van der Waals surface area (Å²) in [7, 11) is 0. The lowest BCUT2D eigenvalue weighted by molar-refractivity contribution is -0.125. The second kappa shape index (κ2) is 9.44. The molecular formula is C25H25N3O3S. The maximum Gasteiger partial charge on any atom is 0.257 e. The summed E-state index contributed by atoms with van der Waals surface area (Å²) in [6.07, 6.45) is 2.86. The molecule has 3 amide bonds. The van der Waals surface area contributed by atoms with E-state index >= 15 is 0 Å². The topological polar surface area (TPSA) is 88.2 Å². The van der Waals surface area contributed by atoms with E-state index in [-0.39, 0.29) is 30.1 Å². The number of thiazole rings is 1. The molecule has 1 fully saturated rings. The van der Waals surface area contributed by atoms with Gasteiger partial charge in [0.05, 0.1) is 11.6 Å². The van der Waals surface area contributed by atoms with Crippen LogP contribution >= 0.6 is 11.3 Å². The summed E-state index contributed by atoms with van der Waals surface area (Å²) < 4.78 is 0. The molecule has 0 spiro atoms. The van der Waals surface area contributed by atoms with E-state index in [4.69, 9.17) is 0 Å². The summed E-state index contributed by atoms with van der Waals surface area (Å²) in [5.74, 6) is -1.03. The molecule has 3 aromatic rings.